The van der Waals surface area contributed by atoms with Crippen molar-refractivity contribution in [2.45, 2.75) is 30.4 Å². The number of aryl methyl sites for hydroxylation is 1. The molecule has 4 aromatic rings. The van der Waals surface area contributed by atoms with Crippen molar-refractivity contribution in [3.63, 3.8) is 0 Å². The van der Waals surface area contributed by atoms with Crippen molar-refractivity contribution in [3.8, 4) is 0 Å². The Kier molecular flexibility index (Phi) is 8.01. The molecule has 0 radical (unpaired) electrons. The van der Waals surface area contributed by atoms with Crippen LogP contribution in [0.4, 0.5) is 17.1 Å². The third-order valence-corrected chi connectivity index (χ3v) is 7.04. The minimum absolute atomic E-state index is 0.0341. The molecule has 0 saturated carbocycles. The van der Waals surface area contributed by atoms with Gasteiger partial charge in [-0.15, -0.1) is 11.8 Å². The molecule has 0 aliphatic heterocycles. The van der Waals surface area contributed by atoms with Crippen LogP contribution < -0.4 is 10.2 Å². The Morgan fingerprint density at radius 3 is 1.86 bits per heavy atom. The van der Waals surface area contributed by atoms with Crippen molar-refractivity contribution in [2.75, 3.05) is 10.2 Å². The Hall–Kier alpha value is -3.83. The summed E-state index contributed by atoms with van der Waals surface area (Å²) in [4.78, 5) is 29.1. The van der Waals surface area contributed by atoms with Crippen LogP contribution in [0.25, 0.3) is 0 Å². The van der Waals surface area contributed by atoms with Gasteiger partial charge < -0.3 is 5.32 Å². The van der Waals surface area contributed by atoms with Crippen LogP contribution in [0.2, 0.25) is 0 Å². The summed E-state index contributed by atoms with van der Waals surface area (Å²) in [5, 5.41) is 2.69. The van der Waals surface area contributed by atoms with E-state index in [0.717, 1.165) is 27.5 Å². The van der Waals surface area contributed by atoms with E-state index in [1.54, 1.807) is 4.90 Å². The molecule has 0 spiro atoms. The maximum atomic E-state index is 13.7. The lowest BCUT2D eigenvalue weighted by Gasteiger charge is -2.27. The van der Waals surface area contributed by atoms with Gasteiger partial charge in [-0.05, 0) is 73.5 Å². The molecular weight excluding hydrogens is 452 g/mol. The second-order valence-corrected chi connectivity index (χ2v) is 9.43. The van der Waals surface area contributed by atoms with Crippen molar-refractivity contribution in [1.82, 2.24) is 0 Å². The number of carbonyl (C=O) groups excluding carboxylic acids is 2. The molecule has 4 aromatic carbocycles. The first-order valence-corrected chi connectivity index (χ1v) is 12.5. The van der Waals surface area contributed by atoms with Crippen LogP contribution in [-0.2, 0) is 4.79 Å². The van der Waals surface area contributed by atoms with E-state index in [9.17, 15) is 9.59 Å². The average Bonchev–Trinajstić information content (AvgIpc) is 2.90. The summed E-state index contributed by atoms with van der Waals surface area (Å²) in [7, 11) is 0. The van der Waals surface area contributed by atoms with Crippen molar-refractivity contribution >= 4 is 40.6 Å². The maximum Gasteiger partial charge on any atom is 0.255 e. The first-order chi connectivity index (χ1) is 17.1. The SMILES string of the molecule is CCC(Sc1ccc(NC(=O)c2ccccc2C)cc1)C(=O)N(c1ccccc1)c1ccccc1. The van der Waals surface area contributed by atoms with Crippen LogP contribution >= 0.6 is 11.8 Å². The van der Waals surface area contributed by atoms with E-state index in [1.165, 1.54) is 11.8 Å². The first kappa shape index (κ1) is 24.3. The van der Waals surface area contributed by atoms with Gasteiger partial charge in [0, 0.05) is 27.5 Å². The van der Waals surface area contributed by atoms with Crippen LogP contribution in [0.15, 0.2) is 114 Å². The Morgan fingerprint density at radius 1 is 0.771 bits per heavy atom. The number of rotatable bonds is 8. The summed E-state index contributed by atoms with van der Waals surface area (Å²) in [6.07, 6.45) is 0.686. The fourth-order valence-corrected chi connectivity index (χ4v) is 4.81. The molecule has 0 fully saturated rings. The zero-order valence-electron chi connectivity index (χ0n) is 19.8. The topological polar surface area (TPSA) is 49.4 Å². The van der Waals surface area contributed by atoms with Crippen molar-refractivity contribution in [2.24, 2.45) is 0 Å². The molecule has 35 heavy (non-hydrogen) atoms. The molecule has 0 aliphatic carbocycles. The molecule has 1 unspecified atom stereocenters. The molecule has 0 aromatic heterocycles. The van der Waals surface area contributed by atoms with Crippen molar-refractivity contribution in [3.05, 3.63) is 120 Å². The van der Waals surface area contributed by atoms with Crippen LogP contribution in [0.5, 0.6) is 0 Å². The Bertz CT molecular complexity index is 1240. The number of benzene rings is 4. The molecule has 0 bridgehead atoms. The molecule has 4 nitrogen and oxygen atoms in total. The van der Waals surface area contributed by atoms with Gasteiger partial charge in [0.2, 0.25) is 5.91 Å². The second-order valence-electron chi connectivity index (χ2n) is 8.15. The van der Waals surface area contributed by atoms with Gasteiger partial charge in [-0.25, -0.2) is 0 Å². The molecule has 4 rings (SSSR count). The van der Waals surface area contributed by atoms with Gasteiger partial charge in [0.25, 0.3) is 5.91 Å². The molecule has 1 atom stereocenters. The molecule has 0 saturated heterocycles. The second kappa shape index (κ2) is 11.5. The zero-order valence-corrected chi connectivity index (χ0v) is 20.7. The Balaban J connectivity index is 1.49. The van der Waals surface area contributed by atoms with Gasteiger partial charge in [-0.2, -0.15) is 0 Å². The summed E-state index contributed by atoms with van der Waals surface area (Å²) < 4.78 is 0. The van der Waals surface area contributed by atoms with Gasteiger partial charge >= 0.3 is 0 Å². The third kappa shape index (κ3) is 6.00. The van der Waals surface area contributed by atoms with E-state index in [-0.39, 0.29) is 17.1 Å². The van der Waals surface area contributed by atoms with Gasteiger partial charge in [0.05, 0.1) is 5.25 Å². The quantitative estimate of drug-likeness (QED) is 0.266. The fourth-order valence-electron chi connectivity index (χ4n) is 3.82. The number of amides is 2. The van der Waals surface area contributed by atoms with Crippen molar-refractivity contribution < 1.29 is 9.59 Å². The van der Waals surface area contributed by atoms with Gasteiger partial charge in [0.1, 0.15) is 0 Å². The summed E-state index contributed by atoms with van der Waals surface area (Å²) >= 11 is 1.54. The highest BCUT2D eigenvalue weighted by atomic mass is 32.2. The number of hydrogen-bond acceptors (Lipinski definition) is 3. The van der Waals surface area contributed by atoms with Crippen LogP contribution in [0.1, 0.15) is 29.3 Å². The molecule has 2 amide bonds. The lowest BCUT2D eigenvalue weighted by atomic mass is 10.1. The van der Waals surface area contributed by atoms with Gasteiger partial charge in [-0.1, -0.05) is 61.5 Å². The van der Waals surface area contributed by atoms with E-state index in [1.807, 2.05) is 123 Å². The summed E-state index contributed by atoms with van der Waals surface area (Å²) in [5.74, 6) is -0.0988. The Labute approximate surface area is 211 Å². The van der Waals surface area contributed by atoms with E-state index in [0.29, 0.717) is 12.0 Å². The third-order valence-electron chi connectivity index (χ3n) is 5.68. The fraction of sp³-hybridized carbons (Fsp3) is 0.133. The normalized spacial score (nSPS) is 11.5. The lowest BCUT2D eigenvalue weighted by molar-refractivity contribution is -0.117. The first-order valence-electron chi connectivity index (χ1n) is 11.6. The number of anilines is 3. The number of nitrogens with one attached hydrogen (secondary N) is 1. The van der Waals surface area contributed by atoms with E-state index in [2.05, 4.69) is 5.32 Å². The summed E-state index contributed by atoms with van der Waals surface area (Å²) in [6, 6.07) is 34.6. The van der Waals surface area contributed by atoms with Crippen LogP contribution in [0, 0.1) is 6.92 Å². The smallest absolute Gasteiger partial charge is 0.255 e. The highest BCUT2D eigenvalue weighted by Crippen LogP contribution is 2.33. The van der Waals surface area contributed by atoms with Gasteiger partial charge in [0.15, 0.2) is 0 Å². The molecular formula is C30H28N2O2S. The van der Waals surface area contributed by atoms with Crippen LogP contribution in [-0.4, -0.2) is 17.1 Å². The predicted molar refractivity (Wildman–Crippen MR) is 146 cm³/mol. The zero-order chi connectivity index (χ0) is 24.6. The number of hydrogen-bond donors (Lipinski definition) is 1. The summed E-state index contributed by atoms with van der Waals surface area (Å²) in [6.45, 7) is 3.95. The number of para-hydroxylation sites is 2. The molecule has 176 valence electrons. The highest BCUT2D eigenvalue weighted by Gasteiger charge is 2.26. The molecule has 1 N–H and O–H groups in total. The average molecular weight is 481 g/mol. The number of thioether (sulfide) groups is 1. The predicted octanol–water partition coefficient (Wildman–Crippen LogP) is 7.48. The van der Waals surface area contributed by atoms with Crippen LogP contribution in [0.3, 0.4) is 0 Å². The minimum atomic E-state index is -0.261. The van der Waals surface area contributed by atoms with E-state index in [4.69, 9.17) is 0 Å². The van der Waals surface area contributed by atoms with E-state index >= 15 is 0 Å². The summed E-state index contributed by atoms with van der Waals surface area (Å²) in [5.41, 5.74) is 4.00. The molecule has 0 aliphatic rings. The monoisotopic (exact) mass is 480 g/mol. The highest BCUT2D eigenvalue weighted by molar-refractivity contribution is 8.00. The maximum absolute atomic E-state index is 13.7. The van der Waals surface area contributed by atoms with Gasteiger partial charge in [-0.3, -0.25) is 14.5 Å². The Morgan fingerprint density at radius 2 is 1.31 bits per heavy atom. The lowest BCUT2D eigenvalue weighted by Crippen LogP contribution is -2.34. The number of carbonyl (C=O) groups is 2. The number of nitrogens with zero attached hydrogens (tertiary/aromatic N) is 1. The largest absolute Gasteiger partial charge is 0.322 e. The van der Waals surface area contributed by atoms with Crippen molar-refractivity contribution in [1.29, 1.82) is 0 Å². The standard InChI is InChI=1S/C30H28N2O2S/c1-3-28(30(34)32(24-13-6-4-7-14-24)25-15-8-5-9-16-25)35-26-20-18-23(19-21-26)31-29(33)27-17-11-10-12-22(27)2/h4-21,28H,3H2,1-2H3,(H,31,33). The molecule has 5 heteroatoms. The minimum Gasteiger partial charge on any atom is -0.322 e. The molecule has 0 heterocycles. The van der Waals surface area contributed by atoms with E-state index < -0.39 is 0 Å².